The molecule has 2 aromatic rings. The summed E-state index contributed by atoms with van der Waals surface area (Å²) in [6.45, 7) is 5.31. The average molecular weight is 300 g/mol. The molecule has 5 heteroatoms. The monoisotopic (exact) mass is 300 g/mol. The summed E-state index contributed by atoms with van der Waals surface area (Å²) in [6, 6.07) is 7.60. The minimum Gasteiger partial charge on any atom is -0.431 e. The van der Waals surface area contributed by atoms with Crippen LogP contribution >= 0.6 is 11.3 Å². The van der Waals surface area contributed by atoms with Gasteiger partial charge in [0.2, 0.25) is 5.91 Å². The summed E-state index contributed by atoms with van der Waals surface area (Å²) in [5.74, 6) is 6.59. The van der Waals surface area contributed by atoms with Crippen molar-refractivity contribution in [1.82, 2.24) is 10.3 Å². The predicted molar refractivity (Wildman–Crippen MR) is 83.5 cm³/mol. The van der Waals surface area contributed by atoms with Gasteiger partial charge in [0.05, 0.1) is 12.2 Å². The Hall–Kier alpha value is -2.32. The van der Waals surface area contributed by atoms with Crippen LogP contribution in [-0.4, -0.2) is 16.9 Å². The largest absolute Gasteiger partial charge is 0.431 e. The number of thiazole rings is 1. The lowest BCUT2D eigenvalue weighted by Crippen LogP contribution is -2.28. The number of hydrogen-bond acceptors (Lipinski definition) is 4. The Balaban J connectivity index is 2.02. The Kier molecular flexibility index (Phi) is 4.96. The fourth-order valence-corrected chi connectivity index (χ4v) is 2.31. The van der Waals surface area contributed by atoms with Crippen LogP contribution in [0.4, 0.5) is 0 Å². The van der Waals surface area contributed by atoms with Crippen LogP contribution in [0.5, 0.6) is 10.9 Å². The first-order valence-corrected chi connectivity index (χ1v) is 7.33. The standard InChI is InChI=1S/C16H16N2O2S/c1-11-5-4-6-14(9-11)20-16-17-10-15(21-16)8-7-12(2)18-13(3)19/h4-6,9-10,12H,1-3H3,(H,18,19). The summed E-state index contributed by atoms with van der Waals surface area (Å²) in [4.78, 5) is 15.9. The SMILES string of the molecule is CC(=O)NC(C)C#Cc1cnc(Oc2cccc(C)c2)s1. The fourth-order valence-electron chi connectivity index (χ4n) is 1.66. The van der Waals surface area contributed by atoms with Crippen molar-refractivity contribution in [3.05, 3.63) is 40.9 Å². The third kappa shape index (κ3) is 4.93. The third-order valence-corrected chi connectivity index (χ3v) is 3.30. The van der Waals surface area contributed by atoms with Crippen LogP contribution in [0.25, 0.3) is 0 Å². The maximum Gasteiger partial charge on any atom is 0.279 e. The molecule has 0 aliphatic rings. The van der Waals surface area contributed by atoms with Gasteiger partial charge in [-0.15, -0.1) is 0 Å². The summed E-state index contributed by atoms with van der Waals surface area (Å²) in [7, 11) is 0. The van der Waals surface area contributed by atoms with Gasteiger partial charge >= 0.3 is 0 Å². The van der Waals surface area contributed by atoms with E-state index in [1.165, 1.54) is 18.3 Å². The zero-order valence-corrected chi connectivity index (χ0v) is 13.0. The van der Waals surface area contributed by atoms with Crippen molar-refractivity contribution >= 4 is 17.2 Å². The molecule has 0 saturated carbocycles. The van der Waals surface area contributed by atoms with Crippen LogP contribution < -0.4 is 10.1 Å². The molecule has 1 aromatic carbocycles. The highest BCUT2D eigenvalue weighted by Gasteiger charge is 2.03. The molecule has 1 N–H and O–H groups in total. The number of benzene rings is 1. The molecular weight excluding hydrogens is 284 g/mol. The van der Waals surface area contributed by atoms with Gasteiger partial charge in [-0.1, -0.05) is 35.3 Å². The summed E-state index contributed by atoms with van der Waals surface area (Å²) >= 11 is 1.37. The first-order chi connectivity index (χ1) is 10.0. The highest BCUT2D eigenvalue weighted by atomic mass is 32.1. The number of amides is 1. The van der Waals surface area contributed by atoms with E-state index in [4.69, 9.17) is 4.74 Å². The summed E-state index contributed by atoms with van der Waals surface area (Å²) in [5.41, 5.74) is 1.13. The van der Waals surface area contributed by atoms with Crippen LogP contribution in [0.1, 0.15) is 24.3 Å². The molecule has 0 spiro atoms. The molecule has 1 unspecified atom stereocenters. The molecule has 4 nitrogen and oxygen atoms in total. The van der Waals surface area contributed by atoms with Gasteiger partial charge in [0.1, 0.15) is 10.6 Å². The summed E-state index contributed by atoms with van der Waals surface area (Å²) in [5, 5.41) is 3.26. The molecule has 0 aliphatic carbocycles. The van der Waals surface area contributed by atoms with Gasteiger partial charge in [-0.3, -0.25) is 4.79 Å². The summed E-state index contributed by atoms with van der Waals surface area (Å²) < 4.78 is 5.68. The molecule has 1 atom stereocenters. The van der Waals surface area contributed by atoms with E-state index >= 15 is 0 Å². The van der Waals surface area contributed by atoms with E-state index in [0.29, 0.717) is 5.19 Å². The predicted octanol–water partition coefficient (Wildman–Crippen LogP) is 3.12. The van der Waals surface area contributed by atoms with Crippen LogP contribution in [0.2, 0.25) is 0 Å². The smallest absolute Gasteiger partial charge is 0.279 e. The number of aromatic nitrogens is 1. The number of ether oxygens (including phenoxy) is 1. The van der Waals surface area contributed by atoms with E-state index in [9.17, 15) is 4.79 Å². The van der Waals surface area contributed by atoms with Crippen LogP contribution in [0, 0.1) is 18.8 Å². The molecule has 1 amide bonds. The Bertz CT molecular complexity index is 698. The molecule has 0 fully saturated rings. The van der Waals surface area contributed by atoms with Gasteiger partial charge in [-0.05, 0) is 31.5 Å². The highest BCUT2D eigenvalue weighted by Crippen LogP contribution is 2.26. The van der Waals surface area contributed by atoms with Crippen molar-refractivity contribution in [3.63, 3.8) is 0 Å². The molecule has 1 heterocycles. The Morgan fingerprint density at radius 3 is 3.00 bits per heavy atom. The van der Waals surface area contributed by atoms with Gasteiger partial charge in [0.15, 0.2) is 0 Å². The third-order valence-electron chi connectivity index (χ3n) is 2.51. The lowest BCUT2D eigenvalue weighted by atomic mass is 10.2. The van der Waals surface area contributed by atoms with Gasteiger partial charge in [0, 0.05) is 6.92 Å². The van der Waals surface area contributed by atoms with Crippen molar-refractivity contribution < 1.29 is 9.53 Å². The van der Waals surface area contributed by atoms with Crippen LogP contribution in [0.15, 0.2) is 30.5 Å². The first kappa shape index (κ1) is 15.1. The van der Waals surface area contributed by atoms with Crippen LogP contribution in [-0.2, 0) is 4.79 Å². The molecule has 108 valence electrons. The Morgan fingerprint density at radius 2 is 2.29 bits per heavy atom. The second kappa shape index (κ2) is 6.91. The quantitative estimate of drug-likeness (QED) is 0.886. The normalized spacial score (nSPS) is 11.2. The van der Waals surface area contributed by atoms with E-state index < -0.39 is 0 Å². The second-order valence-electron chi connectivity index (χ2n) is 4.60. The Morgan fingerprint density at radius 1 is 1.48 bits per heavy atom. The number of nitrogens with zero attached hydrogens (tertiary/aromatic N) is 1. The van der Waals surface area contributed by atoms with E-state index in [1.807, 2.05) is 38.1 Å². The van der Waals surface area contributed by atoms with Gasteiger partial charge in [-0.2, -0.15) is 0 Å². The number of aryl methyl sites for hydroxylation is 1. The van der Waals surface area contributed by atoms with Crippen molar-refractivity contribution in [2.24, 2.45) is 0 Å². The van der Waals surface area contributed by atoms with Crippen molar-refractivity contribution in [2.45, 2.75) is 26.8 Å². The maximum absolute atomic E-state index is 10.9. The van der Waals surface area contributed by atoms with E-state index in [-0.39, 0.29) is 11.9 Å². The maximum atomic E-state index is 10.9. The number of rotatable bonds is 3. The van der Waals surface area contributed by atoms with Gasteiger partial charge in [-0.25, -0.2) is 4.98 Å². The van der Waals surface area contributed by atoms with Crippen LogP contribution in [0.3, 0.4) is 0 Å². The van der Waals surface area contributed by atoms with E-state index in [2.05, 4.69) is 22.1 Å². The fraction of sp³-hybridized carbons (Fsp3) is 0.250. The zero-order valence-electron chi connectivity index (χ0n) is 12.1. The minimum atomic E-state index is -0.189. The topological polar surface area (TPSA) is 51.2 Å². The lowest BCUT2D eigenvalue weighted by molar-refractivity contribution is -0.119. The number of carbonyl (C=O) groups excluding carboxylic acids is 1. The molecule has 2 rings (SSSR count). The molecular formula is C16H16N2O2S. The molecule has 21 heavy (non-hydrogen) atoms. The van der Waals surface area contributed by atoms with Crippen molar-refractivity contribution in [1.29, 1.82) is 0 Å². The summed E-state index contributed by atoms with van der Waals surface area (Å²) in [6.07, 6.45) is 1.67. The van der Waals surface area contributed by atoms with Gasteiger partial charge < -0.3 is 10.1 Å². The molecule has 0 bridgehead atoms. The molecule has 0 aliphatic heterocycles. The Labute approximate surface area is 128 Å². The zero-order chi connectivity index (χ0) is 15.2. The van der Waals surface area contributed by atoms with Crippen molar-refractivity contribution in [2.75, 3.05) is 0 Å². The number of carbonyl (C=O) groups is 1. The molecule has 1 aromatic heterocycles. The minimum absolute atomic E-state index is 0.0930. The van der Waals surface area contributed by atoms with E-state index in [1.54, 1.807) is 6.20 Å². The second-order valence-corrected chi connectivity index (χ2v) is 5.59. The average Bonchev–Trinajstić information content (AvgIpc) is 2.83. The first-order valence-electron chi connectivity index (χ1n) is 6.52. The number of nitrogens with one attached hydrogen (secondary N) is 1. The van der Waals surface area contributed by atoms with Crippen molar-refractivity contribution in [3.8, 4) is 22.8 Å². The van der Waals surface area contributed by atoms with Gasteiger partial charge in [0.25, 0.3) is 5.19 Å². The molecule has 0 saturated heterocycles. The lowest BCUT2D eigenvalue weighted by Gasteiger charge is -2.02. The highest BCUT2D eigenvalue weighted by molar-refractivity contribution is 7.13. The number of hydrogen-bond donors (Lipinski definition) is 1. The molecule has 0 radical (unpaired) electrons. The van der Waals surface area contributed by atoms with E-state index in [0.717, 1.165) is 16.2 Å².